The Hall–Kier alpha value is -2.36. The third-order valence-corrected chi connectivity index (χ3v) is 4.87. The molecule has 0 aromatic heterocycles. The average Bonchev–Trinajstić information content (AvgIpc) is 2.58. The van der Waals surface area contributed by atoms with Gasteiger partial charge in [0, 0.05) is 18.2 Å². The van der Waals surface area contributed by atoms with Gasteiger partial charge in [-0.1, -0.05) is 12.1 Å². The van der Waals surface area contributed by atoms with Gasteiger partial charge in [-0.05, 0) is 37.7 Å². The quantitative estimate of drug-likeness (QED) is 0.465. The van der Waals surface area contributed by atoms with Crippen LogP contribution in [0.1, 0.15) is 37.0 Å². The van der Waals surface area contributed by atoms with Crippen molar-refractivity contribution in [1.82, 2.24) is 0 Å². The third kappa shape index (κ3) is 6.99. The predicted octanol–water partition coefficient (Wildman–Crippen LogP) is 2.74. The summed E-state index contributed by atoms with van der Waals surface area (Å²) in [4.78, 5) is 47.6. The molecule has 0 saturated heterocycles. The number of carbonyl (C=O) groups excluding carboxylic acids is 4. The van der Waals surface area contributed by atoms with Crippen LogP contribution >= 0.6 is 11.8 Å². The number of primary amides is 1. The van der Waals surface area contributed by atoms with E-state index < -0.39 is 35.6 Å². The Morgan fingerprint density at radius 3 is 2.32 bits per heavy atom. The van der Waals surface area contributed by atoms with Gasteiger partial charge < -0.3 is 10.6 Å². The molecule has 10 heteroatoms. The van der Waals surface area contributed by atoms with Crippen LogP contribution in [0.25, 0.3) is 0 Å². The largest absolute Gasteiger partial charge is 0.450 e. The highest BCUT2D eigenvalue weighted by molar-refractivity contribution is 7.99. The first-order valence-corrected chi connectivity index (χ1v) is 9.48. The first-order valence-electron chi connectivity index (χ1n) is 8.33. The van der Waals surface area contributed by atoms with Gasteiger partial charge in [-0.15, -0.1) is 0 Å². The van der Waals surface area contributed by atoms with Crippen LogP contribution in [0.15, 0.2) is 24.3 Å². The van der Waals surface area contributed by atoms with Crippen molar-refractivity contribution >= 4 is 40.8 Å². The second kappa shape index (κ2) is 10.3. The summed E-state index contributed by atoms with van der Waals surface area (Å²) in [7, 11) is 0. The number of alkyl halides is 3. The van der Waals surface area contributed by atoms with Crippen LogP contribution in [0.2, 0.25) is 0 Å². The molecule has 6 nitrogen and oxygen atoms in total. The van der Waals surface area contributed by atoms with Gasteiger partial charge in [-0.3, -0.25) is 19.2 Å². The highest BCUT2D eigenvalue weighted by Crippen LogP contribution is 2.23. The van der Waals surface area contributed by atoms with Crippen LogP contribution < -0.4 is 10.6 Å². The van der Waals surface area contributed by atoms with Crippen LogP contribution in [0.5, 0.6) is 0 Å². The molecule has 1 rings (SSSR count). The number of amides is 2. The molecular formula is C18H21F3N2O4S. The van der Waals surface area contributed by atoms with Gasteiger partial charge in [0.25, 0.3) is 0 Å². The lowest BCUT2D eigenvalue weighted by Crippen LogP contribution is -2.47. The van der Waals surface area contributed by atoms with Crippen molar-refractivity contribution in [2.45, 2.75) is 38.9 Å². The Kier molecular flexibility index (Phi) is 8.67. The summed E-state index contributed by atoms with van der Waals surface area (Å²) >= 11 is 0.794. The average molecular weight is 418 g/mol. The number of hydrogen-bond donors (Lipinski definition) is 1. The minimum Gasteiger partial charge on any atom is -0.368 e. The number of thioether (sulfide) groups is 1. The molecular weight excluding hydrogens is 397 g/mol. The number of nitrogens with zero attached hydrogens (tertiary/aromatic N) is 1. The zero-order valence-electron chi connectivity index (χ0n) is 15.4. The number of carbonyl (C=O) groups is 4. The van der Waals surface area contributed by atoms with E-state index in [0.717, 1.165) is 11.8 Å². The topological polar surface area (TPSA) is 97.5 Å². The Labute approximate surface area is 164 Å². The highest BCUT2D eigenvalue weighted by atomic mass is 32.2. The third-order valence-electron chi connectivity index (χ3n) is 3.83. The number of nitrogens with two attached hydrogens (primary N) is 1. The molecule has 28 heavy (non-hydrogen) atoms. The first-order chi connectivity index (χ1) is 12.9. The normalized spacial score (nSPS) is 12.3. The molecule has 0 fully saturated rings. The van der Waals surface area contributed by atoms with Crippen molar-refractivity contribution in [3.8, 4) is 0 Å². The summed E-state index contributed by atoms with van der Waals surface area (Å²) < 4.78 is 36.5. The van der Waals surface area contributed by atoms with Gasteiger partial charge in [-0.25, -0.2) is 0 Å². The van der Waals surface area contributed by atoms with E-state index in [4.69, 9.17) is 5.73 Å². The molecule has 0 saturated carbocycles. The molecule has 0 aliphatic carbocycles. The lowest BCUT2D eigenvalue weighted by molar-refractivity contribution is -0.167. The number of rotatable bonds is 10. The van der Waals surface area contributed by atoms with Crippen LogP contribution in [-0.2, 0) is 14.4 Å². The molecule has 0 bridgehead atoms. The second-order valence-electron chi connectivity index (χ2n) is 6.03. The molecule has 2 amide bonds. The molecule has 0 heterocycles. The number of ketones is 2. The van der Waals surface area contributed by atoms with Crippen molar-refractivity contribution in [1.29, 1.82) is 0 Å². The van der Waals surface area contributed by atoms with E-state index in [-0.39, 0.29) is 24.4 Å². The van der Waals surface area contributed by atoms with Crippen molar-refractivity contribution in [2.24, 2.45) is 5.73 Å². The molecule has 154 valence electrons. The van der Waals surface area contributed by atoms with Gasteiger partial charge >= 0.3 is 6.18 Å². The highest BCUT2D eigenvalue weighted by Gasteiger charge is 2.37. The predicted molar refractivity (Wildman–Crippen MR) is 100 cm³/mol. The molecule has 0 aliphatic rings. The van der Waals surface area contributed by atoms with Crippen molar-refractivity contribution < 1.29 is 32.3 Å². The molecule has 1 aromatic carbocycles. The molecule has 0 unspecified atom stereocenters. The maximum absolute atomic E-state index is 12.2. The van der Waals surface area contributed by atoms with Gasteiger partial charge in [0.1, 0.15) is 6.04 Å². The fourth-order valence-electron chi connectivity index (χ4n) is 2.48. The Balaban J connectivity index is 2.82. The number of halogens is 3. The monoisotopic (exact) mass is 418 g/mol. The van der Waals surface area contributed by atoms with Crippen LogP contribution in [-0.4, -0.2) is 47.1 Å². The fraction of sp³-hybridized carbons (Fsp3) is 0.444. The Bertz CT molecular complexity index is 753. The second-order valence-corrected chi connectivity index (χ2v) is 7.13. The van der Waals surface area contributed by atoms with Gasteiger partial charge in [-0.2, -0.15) is 24.9 Å². The lowest BCUT2D eigenvalue weighted by Gasteiger charge is -2.29. The molecule has 0 spiro atoms. The van der Waals surface area contributed by atoms with Crippen LogP contribution in [0.3, 0.4) is 0 Å². The van der Waals surface area contributed by atoms with Crippen LogP contribution in [0, 0.1) is 0 Å². The number of benzene rings is 1. The van der Waals surface area contributed by atoms with E-state index in [0.29, 0.717) is 11.3 Å². The lowest BCUT2D eigenvalue weighted by atomic mass is 10.1. The SMILES string of the molecule is CC(=O)c1cccc(N(C(C)=O)[C@@H](CCCSCC(=O)C(F)(F)F)C(N)=O)c1. The van der Waals surface area contributed by atoms with Gasteiger partial charge in [0.15, 0.2) is 5.78 Å². The fourth-order valence-corrected chi connectivity index (χ4v) is 3.34. The zero-order valence-corrected chi connectivity index (χ0v) is 16.2. The van der Waals surface area contributed by atoms with Gasteiger partial charge in [0.2, 0.25) is 17.6 Å². The summed E-state index contributed by atoms with van der Waals surface area (Å²) in [6.45, 7) is 2.61. The van der Waals surface area contributed by atoms with Crippen molar-refractivity contribution in [2.75, 3.05) is 16.4 Å². The zero-order chi connectivity index (χ0) is 21.5. The summed E-state index contributed by atoms with van der Waals surface area (Å²) in [5.41, 5.74) is 6.10. The van der Waals surface area contributed by atoms with Crippen LogP contribution in [0.4, 0.5) is 18.9 Å². The summed E-state index contributed by atoms with van der Waals surface area (Å²) in [5.74, 6) is -3.81. The summed E-state index contributed by atoms with van der Waals surface area (Å²) in [6, 6.07) is 5.13. The molecule has 1 atom stereocenters. The van der Waals surface area contributed by atoms with E-state index in [1.807, 2.05) is 0 Å². The number of anilines is 1. The maximum atomic E-state index is 12.2. The molecule has 2 N–H and O–H groups in total. The standard InChI is InChI=1S/C18H21F3N2O4S/c1-11(24)13-5-3-6-14(9-13)23(12(2)25)15(17(22)27)7-4-8-28-10-16(26)18(19,20)21/h3,5-6,9,15H,4,7-8,10H2,1-2H3,(H2,22,27)/t15-/m0/s1. The Morgan fingerprint density at radius 1 is 1.18 bits per heavy atom. The first kappa shape index (κ1) is 23.7. The Morgan fingerprint density at radius 2 is 1.82 bits per heavy atom. The minimum absolute atomic E-state index is 0.104. The number of hydrogen-bond acceptors (Lipinski definition) is 5. The van der Waals surface area contributed by atoms with E-state index in [1.165, 1.54) is 24.8 Å². The maximum Gasteiger partial charge on any atom is 0.450 e. The van der Waals surface area contributed by atoms with E-state index in [1.54, 1.807) is 18.2 Å². The number of Topliss-reactive ketones (excluding diaryl/α,β-unsaturated/α-hetero) is 2. The molecule has 0 aliphatic heterocycles. The minimum atomic E-state index is -4.87. The van der Waals surface area contributed by atoms with E-state index in [9.17, 15) is 32.3 Å². The van der Waals surface area contributed by atoms with Crippen molar-refractivity contribution in [3.05, 3.63) is 29.8 Å². The van der Waals surface area contributed by atoms with E-state index >= 15 is 0 Å². The summed E-state index contributed by atoms with van der Waals surface area (Å²) in [6.07, 6.45) is -4.50. The molecule has 1 aromatic rings. The van der Waals surface area contributed by atoms with E-state index in [2.05, 4.69) is 0 Å². The molecule has 0 radical (unpaired) electrons. The van der Waals surface area contributed by atoms with Crippen molar-refractivity contribution in [3.63, 3.8) is 0 Å². The smallest absolute Gasteiger partial charge is 0.368 e. The summed E-state index contributed by atoms with van der Waals surface area (Å²) in [5, 5.41) is 0. The van der Waals surface area contributed by atoms with Gasteiger partial charge in [0.05, 0.1) is 5.75 Å².